The van der Waals surface area contributed by atoms with Crippen molar-refractivity contribution in [3.63, 3.8) is 0 Å². The van der Waals surface area contributed by atoms with E-state index in [1.165, 1.54) is 6.07 Å². The predicted octanol–water partition coefficient (Wildman–Crippen LogP) is 2.00. The quantitative estimate of drug-likeness (QED) is 0.765. The minimum atomic E-state index is -0.545. The molecule has 0 aromatic heterocycles. The maximum Gasteiger partial charge on any atom is 0.227 e. The van der Waals surface area contributed by atoms with E-state index in [4.69, 9.17) is 11.6 Å². The molecular formula is C11H9ClFNO2. The molecule has 0 unspecified atom stereocenters. The van der Waals surface area contributed by atoms with Crippen LogP contribution >= 0.6 is 11.6 Å². The number of imide groups is 1. The lowest BCUT2D eigenvalue weighted by atomic mass is 9.89. The summed E-state index contributed by atoms with van der Waals surface area (Å²) in [6.07, 6.45) is 0.228. The Morgan fingerprint density at radius 1 is 1.25 bits per heavy atom. The number of halogens is 2. The normalized spacial score (nSPS) is 17.4. The van der Waals surface area contributed by atoms with Gasteiger partial charge in [0.15, 0.2) is 0 Å². The van der Waals surface area contributed by atoms with Crippen LogP contribution in [-0.4, -0.2) is 11.8 Å². The number of hydrogen-bond acceptors (Lipinski definition) is 2. The third-order valence-electron chi connectivity index (χ3n) is 2.56. The molecule has 1 fully saturated rings. The Morgan fingerprint density at radius 2 is 1.88 bits per heavy atom. The molecule has 1 N–H and O–H groups in total. The van der Waals surface area contributed by atoms with E-state index < -0.39 is 11.7 Å². The molecule has 0 aliphatic carbocycles. The Labute approximate surface area is 96.6 Å². The number of piperidine rings is 1. The second-order valence-electron chi connectivity index (χ2n) is 3.72. The van der Waals surface area contributed by atoms with E-state index in [9.17, 15) is 14.0 Å². The first-order valence-corrected chi connectivity index (χ1v) is 5.22. The van der Waals surface area contributed by atoms with E-state index in [-0.39, 0.29) is 29.7 Å². The predicted molar refractivity (Wildman–Crippen MR) is 56.5 cm³/mol. The van der Waals surface area contributed by atoms with Crippen molar-refractivity contribution in [2.45, 2.75) is 18.8 Å². The Bertz CT molecular complexity index is 445. The fourth-order valence-electron chi connectivity index (χ4n) is 1.83. The standard InChI is InChI=1S/C11H9ClFNO2/c12-8-3-1-2-7(11(8)13)6-4-9(15)14-10(16)5-6/h1-3,6H,4-5H2,(H,14,15,16). The lowest BCUT2D eigenvalue weighted by Gasteiger charge is -2.21. The van der Waals surface area contributed by atoms with Crippen LogP contribution in [0.25, 0.3) is 0 Å². The number of benzene rings is 1. The zero-order valence-corrected chi connectivity index (χ0v) is 9.05. The molecule has 1 aromatic rings. The van der Waals surface area contributed by atoms with Crippen molar-refractivity contribution in [2.24, 2.45) is 0 Å². The average molecular weight is 242 g/mol. The molecule has 2 rings (SSSR count). The van der Waals surface area contributed by atoms with Crippen molar-refractivity contribution in [2.75, 3.05) is 0 Å². The fraction of sp³-hybridized carbons (Fsp3) is 0.273. The van der Waals surface area contributed by atoms with E-state index >= 15 is 0 Å². The number of nitrogens with one attached hydrogen (secondary N) is 1. The van der Waals surface area contributed by atoms with Crippen LogP contribution in [0.4, 0.5) is 4.39 Å². The van der Waals surface area contributed by atoms with E-state index in [2.05, 4.69) is 5.32 Å². The molecule has 0 saturated carbocycles. The molecule has 0 spiro atoms. The van der Waals surface area contributed by atoms with Crippen LogP contribution in [0.15, 0.2) is 18.2 Å². The van der Waals surface area contributed by atoms with Crippen molar-refractivity contribution in [1.29, 1.82) is 0 Å². The number of carbonyl (C=O) groups is 2. The number of rotatable bonds is 1. The van der Waals surface area contributed by atoms with E-state index in [1.807, 2.05) is 0 Å². The lowest BCUT2D eigenvalue weighted by molar-refractivity contribution is -0.133. The molecule has 2 amide bonds. The van der Waals surface area contributed by atoms with Crippen molar-refractivity contribution >= 4 is 23.4 Å². The van der Waals surface area contributed by atoms with Gasteiger partial charge in [0.05, 0.1) is 5.02 Å². The molecule has 0 atom stereocenters. The average Bonchev–Trinajstić information content (AvgIpc) is 2.20. The van der Waals surface area contributed by atoms with Gasteiger partial charge in [-0.05, 0) is 11.6 Å². The van der Waals surface area contributed by atoms with Crippen LogP contribution < -0.4 is 5.32 Å². The fourth-order valence-corrected chi connectivity index (χ4v) is 2.01. The van der Waals surface area contributed by atoms with Gasteiger partial charge in [0.2, 0.25) is 11.8 Å². The van der Waals surface area contributed by atoms with Gasteiger partial charge < -0.3 is 0 Å². The second-order valence-corrected chi connectivity index (χ2v) is 4.13. The Hall–Kier alpha value is -1.42. The number of hydrogen-bond donors (Lipinski definition) is 1. The molecule has 0 bridgehead atoms. The molecule has 1 heterocycles. The van der Waals surface area contributed by atoms with Gasteiger partial charge in [0, 0.05) is 18.8 Å². The Kier molecular flexibility index (Phi) is 2.92. The minimum Gasteiger partial charge on any atom is -0.296 e. The molecular weight excluding hydrogens is 233 g/mol. The lowest BCUT2D eigenvalue weighted by Crippen LogP contribution is -2.37. The summed E-state index contributed by atoms with van der Waals surface area (Å²) in [6.45, 7) is 0. The van der Waals surface area contributed by atoms with Crippen LogP contribution in [0.2, 0.25) is 5.02 Å². The number of carbonyl (C=O) groups excluding carboxylic acids is 2. The van der Waals surface area contributed by atoms with Gasteiger partial charge in [0.25, 0.3) is 0 Å². The summed E-state index contributed by atoms with van der Waals surface area (Å²) in [4.78, 5) is 22.3. The molecule has 0 radical (unpaired) electrons. The van der Waals surface area contributed by atoms with Gasteiger partial charge in [-0.2, -0.15) is 0 Å². The van der Waals surface area contributed by atoms with Crippen molar-refractivity contribution in [1.82, 2.24) is 5.32 Å². The summed E-state index contributed by atoms with van der Waals surface area (Å²) in [6, 6.07) is 4.60. The molecule has 1 aliphatic rings. The van der Waals surface area contributed by atoms with Crippen LogP contribution in [-0.2, 0) is 9.59 Å². The summed E-state index contributed by atoms with van der Waals surface area (Å²) >= 11 is 5.65. The van der Waals surface area contributed by atoms with Gasteiger partial charge in [-0.25, -0.2) is 4.39 Å². The molecule has 16 heavy (non-hydrogen) atoms. The highest BCUT2D eigenvalue weighted by Gasteiger charge is 2.28. The zero-order valence-electron chi connectivity index (χ0n) is 8.30. The van der Waals surface area contributed by atoms with Gasteiger partial charge in [-0.15, -0.1) is 0 Å². The zero-order chi connectivity index (χ0) is 11.7. The molecule has 1 aromatic carbocycles. The van der Waals surface area contributed by atoms with Gasteiger partial charge >= 0.3 is 0 Å². The smallest absolute Gasteiger partial charge is 0.227 e. The first kappa shape index (κ1) is 11.1. The topological polar surface area (TPSA) is 46.2 Å². The third kappa shape index (κ3) is 2.07. The SMILES string of the molecule is O=C1CC(c2cccc(Cl)c2F)CC(=O)N1. The van der Waals surface area contributed by atoms with Crippen molar-refractivity contribution < 1.29 is 14.0 Å². The third-order valence-corrected chi connectivity index (χ3v) is 2.86. The maximum absolute atomic E-state index is 13.7. The van der Waals surface area contributed by atoms with Crippen molar-refractivity contribution in [3.05, 3.63) is 34.6 Å². The Balaban J connectivity index is 2.33. The summed E-state index contributed by atoms with van der Waals surface area (Å²) in [7, 11) is 0. The highest BCUT2D eigenvalue weighted by Crippen LogP contribution is 2.30. The molecule has 3 nitrogen and oxygen atoms in total. The van der Waals surface area contributed by atoms with Crippen LogP contribution in [0.5, 0.6) is 0 Å². The van der Waals surface area contributed by atoms with Gasteiger partial charge in [-0.1, -0.05) is 23.7 Å². The van der Waals surface area contributed by atoms with Gasteiger partial charge in [0.1, 0.15) is 5.82 Å². The Morgan fingerprint density at radius 3 is 2.50 bits per heavy atom. The van der Waals surface area contributed by atoms with E-state index in [0.717, 1.165) is 0 Å². The first-order valence-electron chi connectivity index (χ1n) is 4.84. The maximum atomic E-state index is 13.7. The van der Waals surface area contributed by atoms with Gasteiger partial charge in [-0.3, -0.25) is 14.9 Å². The summed E-state index contributed by atoms with van der Waals surface area (Å²) in [5, 5.41) is 2.19. The summed E-state index contributed by atoms with van der Waals surface area (Å²) in [5.41, 5.74) is 0.329. The molecule has 1 aliphatic heterocycles. The van der Waals surface area contributed by atoms with Crippen LogP contribution in [0.1, 0.15) is 24.3 Å². The monoisotopic (exact) mass is 241 g/mol. The van der Waals surface area contributed by atoms with Crippen LogP contribution in [0, 0.1) is 5.82 Å². The minimum absolute atomic E-state index is 0.0101. The summed E-state index contributed by atoms with van der Waals surface area (Å²) < 4.78 is 13.7. The van der Waals surface area contributed by atoms with Crippen LogP contribution in [0.3, 0.4) is 0 Å². The second kappa shape index (κ2) is 4.22. The van der Waals surface area contributed by atoms with E-state index in [1.54, 1.807) is 12.1 Å². The van der Waals surface area contributed by atoms with Crippen molar-refractivity contribution in [3.8, 4) is 0 Å². The van der Waals surface area contributed by atoms with E-state index in [0.29, 0.717) is 5.56 Å². The highest BCUT2D eigenvalue weighted by atomic mass is 35.5. The largest absolute Gasteiger partial charge is 0.296 e. The molecule has 1 saturated heterocycles. The number of amides is 2. The highest BCUT2D eigenvalue weighted by molar-refractivity contribution is 6.30. The molecule has 84 valence electrons. The molecule has 5 heteroatoms. The first-order chi connectivity index (χ1) is 7.58. The summed E-state index contributed by atoms with van der Waals surface area (Å²) in [5.74, 6) is -1.71.